The Morgan fingerprint density at radius 1 is 1.16 bits per heavy atom. The minimum atomic E-state index is 0.125. The lowest BCUT2D eigenvalue weighted by Gasteiger charge is -2.25. The lowest BCUT2D eigenvalue weighted by molar-refractivity contribution is 0.0962. The zero-order chi connectivity index (χ0) is 18.0. The van der Waals surface area contributed by atoms with Gasteiger partial charge in [-0.25, -0.2) is 0 Å². The van der Waals surface area contributed by atoms with Gasteiger partial charge in [-0.1, -0.05) is 13.3 Å². The van der Waals surface area contributed by atoms with Crippen molar-refractivity contribution in [3.63, 3.8) is 0 Å². The predicted molar refractivity (Wildman–Crippen MR) is 99.0 cm³/mol. The van der Waals surface area contributed by atoms with Gasteiger partial charge in [-0.2, -0.15) is 0 Å². The molecule has 3 rings (SSSR count). The first-order chi connectivity index (χ1) is 12.1. The Bertz CT molecular complexity index is 776. The predicted octanol–water partition coefficient (Wildman–Crippen LogP) is 4.39. The zero-order valence-electron chi connectivity index (χ0n) is 15.6. The van der Waals surface area contributed by atoms with Gasteiger partial charge in [0.15, 0.2) is 5.78 Å². The summed E-state index contributed by atoms with van der Waals surface area (Å²) in [5.74, 6) is 2.00. The zero-order valence-corrected chi connectivity index (χ0v) is 15.6. The van der Waals surface area contributed by atoms with Crippen LogP contribution in [0.4, 0.5) is 0 Å². The second-order valence-electron chi connectivity index (χ2n) is 6.65. The van der Waals surface area contributed by atoms with Crippen LogP contribution < -0.4 is 9.47 Å². The molecule has 0 amide bonds. The van der Waals surface area contributed by atoms with Crippen molar-refractivity contribution in [1.29, 1.82) is 0 Å². The number of carbonyl (C=O) groups excluding carboxylic acids is 1. The fourth-order valence-corrected chi connectivity index (χ4v) is 3.97. The van der Waals surface area contributed by atoms with E-state index in [4.69, 9.17) is 9.47 Å². The van der Waals surface area contributed by atoms with Crippen molar-refractivity contribution in [2.45, 2.75) is 52.0 Å². The van der Waals surface area contributed by atoms with E-state index in [9.17, 15) is 4.79 Å². The molecule has 0 spiro atoms. The summed E-state index contributed by atoms with van der Waals surface area (Å²) in [7, 11) is 3.34. The maximum absolute atomic E-state index is 13.0. The molecular weight excluding hydrogens is 314 g/mol. The summed E-state index contributed by atoms with van der Waals surface area (Å²) in [6.45, 7) is 5.18. The minimum absolute atomic E-state index is 0.125. The molecule has 1 atom stereocenters. The van der Waals surface area contributed by atoms with Gasteiger partial charge in [0.25, 0.3) is 0 Å². The van der Waals surface area contributed by atoms with E-state index < -0.39 is 0 Å². The van der Waals surface area contributed by atoms with Crippen LogP contribution in [0, 0.1) is 0 Å². The van der Waals surface area contributed by atoms with Crippen LogP contribution in [0.15, 0.2) is 24.4 Å². The molecule has 134 valence electrons. The molecule has 0 bridgehead atoms. The first kappa shape index (κ1) is 17.6. The van der Waals surface area contributed by atoms with Gasteiger partial charge in [0, 0.05) is 41.9 Å². The van der Waals surface area contributed by atoms with E-state index in [-0.39, 0.29) is 11.7 Å². The molecule has 4 heteroatoms. The average molecular weight is 341 g/mol. The van der Waals surface area contributed by atoms with E-state index in [1.807, 2.05) is 18.2 Å². The number of Topliss-reactive ketones (excluding diaryl/α,β-unsaturated/α-hetero) is 1. The summed E-state index contributed by atoms with van der Waals surface area (Å²) in [6, 6.07) is 5.83. The molecule has 0 N–H and O–H groups in total. The highest BCUT2D eigenvalue weighted by Crippen LogP contribution is 2.40. The topological polar surface area (TPSA) is 40.5 Å². The lowest BCUT2D eigenvalue weighted by atomic mass is 9.80. The van der Waals surface area contributed by atoms with Crippen molar-refractivity contribution in [3.05, 3.63) is 46.8 Å². The number of aryl methyl sites for hydroxylation is 2. The van der Waals surface area contributed by atoms with Gasteiger partial charge in [0.05, 0.1) is 14.2 Å². The SMILES string of the molecule is CCCc1cn(CC)c2c1C(=O)CC(c1cc(OC)ccc1OC)C2. The Hall–Kier alpha value is -2.23. The number of benzene rings is 1. The fraction of sp³-hybridized carbons (Fsp3) is 0.476. The quantitative estimate of drug-likeness (QED) is 0.782. The van der Waals surface area contributed by atoms with Crippen molar-refractivity contribution in [2.24, 2.45) is 0 Å². The normalized spacial score (nSPS) is 16.6. The van der Waals surface area contributed by atoms with Gasteiger partial charge in [-0.3, -0.25) is 4.79 Å². The molecule has 0 fully saturated rings. The van der Waals surface area contributed by atoms with Crippen LogP contribution in [-0.4, -0.2) is 24.6 Å². The standard InChI is InChI=1S/C21H27NO3/c1-5-7-14-13-22(6-2)18-10-15(11-19(23)21(14)18)17-12-16(24-3)8-9-20(17)25-4/h8-9,12-13,15H,5-7,10-11H2,1-4H3. The molecule has 1 aromatic heterocycles. The number of hydrogen-bond acceptors (Lipinski definition) is 3. The Balaban J connectivity index is 2.03. The van der Waals surface area contributed by atoms with E-state index in [1.54, 1.807) is 14.2 Å². The number of ether oxygens (including phenoxy) is 2. The van der Waals surface area contributed by atoms with Crippen LogP contribution in [0.3, 0.4) is 0 Å². The van der Waals surface area contributed by atoms with Gasteiger partial charge < -0.3 is 14.0 Å². The fourth-order valence-electron chi connectivity index (χ4n) is 3.97. The number of aromatic nitrogens is 1. The number of hydrogen-bond donors (Lipinski definition) is 0. The Morgan fingerprint density at radius 2 is 1.96 bits per heavy atom. The summed E-state index contributed by atoms with van der Waals surface area (Å²) >= 11 is 0. The molecule has 0 saturated carbocycles. The second kappa shape index (κ2) is 7.34. The van der Waals surface area contributed by atoms with Crippen molar-refractivity contribution < 1.29 is 14.3 Å². The largest absolute Gasteiger partial charge is 0.497 e. The highest BCUT2D eigenvalue weighted by atomic mass is 16.5. The minimum Gasteiger partial charge on any atom is -0.497 e. The van der Waals surface area contributed by atoms with E-state index in [0.29, 0.717) is 6.42 Å². The summed E-state index contributed by atoms with van der Waals surface area (Å²) < 4.78 is 13.2. The molecular formula is C21H27NO3. The smallest absolute Gasteiger partial charge is 0.165 e. The van der Waals surface area contributed by atoms with E-state index in [1.165, 1.54) is 11.3 Å². The number of nitrogens with zero attached hydrogens (tertiary/aromatic N) is 1. The maximum Gasteiger partial charge on any atom is 0.165 e. The third-order valence-electron chi connectivity index (χ3n) is 5.16. The number of methoxy groups -OCH3 is 2. The van der Waals surface area contributed by atoms with Gasteiger partial charge in [0.1, 0.15) is 11.5 Å². The highest BCUT2D eigenvalue weighted by Gasteiger charge is 2.32. The third-order valence-corrected chi connectivity index (χ3v) is 5.16. The first-order valence-electron chi connectivity index (χ1n) is 9.08. The van der Waals surface area contributed by atoms with Gasteiger partial charge in [0.2, 0.25) is 0 Å². The summed E-state index contributed by atoms with van der Waals surface area (Å²) in [6.07, 6.45) is 5.59. The molecule has 1 heterocycles. The molecule has 4 nitrogen and oxygen atoms in total. The summed E-state index contributed by atoms with van der Waals surface area (Å²) in [4.78, 5) is 13.0. The van der Waals surface area contributed by atoms with E-state index in [0.717, 1.165) is 48.4 Å². The molecule has 1 unspecified atom stereocenters. The van der Waals surface area contributed by atoms with Gasteiger partial charge in [-0.15, -0.1) is 0 Å². The highest BCUT2D eigenvalue weighted by molar-refractivity contribution is 6.00. The summed E-state index contributed by atoms with van der Waals surface area (Å²) in [5, 5.41) is 0. The summed E-state index contributed by atoms with van der Waals surface area (Å²) in [5.41, 5.74) is 4.42. The number of fused-ring (bicyclic) bond motifs is 1. The average Bonchev–Trinajstić information content (AvgIpc) is 2.99. The second-order valence-corrected chi connectivity index (χ2v) is 6.65. The maximum atomic E-state index is 13.0. The number of rotatable bonds is 6. The Kier molecular flexibility index (Phi) is 5.16. The Morgan fingerprint density at radius 3 is 2.60 bits per heavy atom. The molecule has 1 aliphatic carbocycles. The molecule has 1 aliphatic rings. The van der Waals surface area contributed by atoms with E-state index in [2.05, 4.69) is 24.6 Å². The van der Waals surface area contributed by atoms with Crippen LogP contribution in [0.2, 0.25) is 0 Å². The third kappa shape index (κ3) is 3.17. The van der Waals surface area contributed by atoms with Crippen LogP contribution >= 0.6 is 0 Å². The van der Waals surface area contributed by atoms with E-state index >= 15 is 0 Å². The lowest BCUT2D eigenvalue weighted by Crippen LogP contribution is -2.21. The molecule has 1 aromatic carbocycles. The van der Waals surface area contributed by atoms with Crippen molar-refractivity contribution in [3.8, 4) is 11.5 Å². The van der Waals surface area contributed by atoms with Gasteiger partial charge >= 0.3 is 0 Å². The van der Waals surface area contributed by atoms with Gasteiger partial charge in [-0.05, 0) is 43.5 Å². The molecule has 0 saturated heterocycles. The number of carbonyl (C=O) groups is 1. The van der Waals surface area contributed by atoms with Crippen LogP contribution in [0.5, 0.6) is 11.5 Å². The number of ketones is 1. The molecule has 0 aliphatic heterocycles. The van der Waals surface area contributed by atoms with Crippen molar-refractivity contribution in [1.82, 2.24) is 4.57 Å². The van der Waals surface area contributed by atoms with Crippen molar-refractivity contribution >= 4 is 5.78 Å². The molecule has 0 radical (unpaired) electrons. The van der Waals surface area contributed by atoms with Crippen molar-refractivity contribution in [2.75, 3.05) is 14.2 Å². The monoisotopic (exact) mass is 341 g/mol. The van der Waals surface area contributed by atoms with Crippen LogP contribution in [-0.2, 0) is 19.4 Å². The molecule has 2 aromatic rings. The first-order valence-corrected chi connectivity index (χ1v) is 9.08. The molecule has 25 heavy (non-hydrogen) atoms. The van der Waals surface area contributed by atoms with Crippen LogP contribution in [0.25, 0.3) is 0 Å². The van der Waals surface area contributed by atoms with Crippen LogP contribution in [0.1, 0.15) is 59.8 Å². The Labute approximate surface area is 149 Å².